The van der Waals surface area contributed by atoms with Gasteiger partial charge in [0.25, 0.3) is 5.82 Å². The summed E-state index contributed by atoms with van der Waals surface area (Å²) in [5.74, 6) is 1.74. The highest BCUT2D eigenvalue weighted by Crippen LogP contribution is 2.50. The van der Waals surface area contributed by atoms with Crippen molar-refractivity contribution >= 4 is 0 Å². The number of imidazole rings is 1. The van der Waals surface area contributed by atoms with E-state index in [0.29, 0.717) is 11.8 Å². The zero-order valence-corrected chi connectivity index (χ0v) is 18.3. The van der Waals surface area contributed by atoms with Crippen LogP contribution in [0.5, 0.6) is 0 Å². The summed E-state index contributed by atoms with van der Waals surface area (Å²) in [6.45, 7) is 4.50. The standard InChI is InChI=1S/C28H33N2/c1-19-11-3-9-17-24(19)29-20(2)27-26(21-12-4-5-13-21)23-16-8-10-18-25(23)30(27)28(29)22-14-6-7-15-22/h3,8-11,16-18,21-22,26H,4-7,12-15H2,1-2H3/q+1/i26D. The van der Waals surface area contributed by atoms with Crippen molar-refractivity contribution in [3.63, 3.8) is 0 Å². The molecule has 154 valence electrons. The Morgan fingerprint density at radius 2 is 1.53 bits per heavy atom. The number of fused-ring (bicyclic) bond motifs is 3. The monoisotopic (exact) mass is 398 g/mol. The highest BCUT2D eigenvalue weighted by Gasteiger charge is 2.48. The van der Waals surface area contributed by atoms with Gasteiger partial charge in [0.15, 0.2) is 5.69 Å². The van der Waals surface area contributed by atoms with Crippen molar-refractivity contribution in [3.05, 3.63) is 76.9 Å². The average Bonchev–Trinajstić information content (AvgIpc) is 3.56. The van der Waals surface area contributed by atoms with Crippen molar-refractivity contribution in [2.24, 2.45) is 5.92 Å². The minimum Gasteiger partial charge on any atom is -0.196 e. The maximum absolute atomic E-state index is 10.0. The van der Waals surface area contributed by atoms with E-state index in [-0.39, 0.29) is 0 Å². The van der Waals surface area contributed by atoms with Crippen LogP contribution in [-0.4, -0.2) is 4.57 Å². The maximum Gasteiger partial charge on any atom is 0.270 e. The molecule has 2 heteroatoms. The molecule has 0 radical (unpaired) electrons. The number of hydrogen-bond acceptors (Lipinski definition) is 0. The molecule has 2 aliphatic carbocycles. The number of rotatable bonds is 3. The Balaban J connectivity index is 1.71. The summed E-state index contributed by atoms with van der Waals surface area (Å²) in [6.07, 6.45) is 10.0. The number of para-hydroxylation sites is 2. The second-order valence-corrected chi connectivity index (χ2v) is 9.64. The molecule has 3 aromatic rings. The van der Waals surface area contributed by atoms with E-state index in [1.54, 1.807) is 0 Å². The van der Waals surface area contributed by atoms with Gasteiger partial charge < -0.3 is 0 Å². The molecule has 1 atom stereocenters. The second kappa shape index (κ2) is 7.11. The van der Waals surface area contributed by atoms with Crippen molar-refractivity contribution < 1.29 is 5.94 Å². The molecule has 6 rings (SSSR count). The van der Waals surface area contributed by atoms with Crippen molar-refractivity contribution in [3.8, 4) is 11.4 Å². The van der Waals surface area contributed by atoms with E-state index in [2.05, 4.69) is 71.5 Å². The average molecular weight is 399 g/mol. The van der Waals surface area contributed by atoms with Gasteiger partial charge in [-0.25, -0.2) is 0 Å². The van der Waals surface area contributed by atoms with Gasteiger partial charge in [0.1, 0.15) is 17.1 Å². The van der Waals surface area contributed by atoms with Crippen molar-refractivity contribution in [2.75, 3.05) is 0 Å². The lowest BCUT2D eigenvalue weighted by Crippen LogP contribution is -2.39. The van der Waals surface area contributed by atoms with E-state index in [9.17, 15) is 1.37 Å². The summed E-state index contributed by atoms with van der Waals surface area (Å²) in [7, 11) is 0. The first-order chi connectivity index (χ1) is 15.1. The molecule has 3 aliphatic rings. The van der Waals surface area contributed by atoms with E-state index in [1.807, 2.05) is 0 Å². The normalized spacial score (nSPS) is 24.3. The number of hydrogen-bond donors (Lipinski definition) is 0. The molecule has 0 amide bonds. The predicted octanol–water partition coefficient (Wildman–Crippen LogP) is 6.66. The van der Waals surface area contributed by atoms with Crippen LogP contribution < -0.4 is 4.57 Å². The van der Waals surface area contributed by atoms with E-state index in [0.717, 1.165) is 0 Å². The Kier molecular flexibility index (Phi) is 4.11. The SMILES string of the molecule is [2H]C1(C2CCCC2)c2ccccc2-n2c1c(C)[n+](-c1ccccc1C)c2C1CCCC1. The lowest BCUT2D eigenvalue weighted by atomic mass is 9.83. The minimum atomic E-state index is -0.640. The van der Waals surface area contributed by atoms with Crippen molar-refractivity contribution in [2.45, 2.75) is 77.0 Å². The number of nitrogens with zero attached hydrogens (tertiary/aromatic N) is 2. The smallest absolute Gasteiger partial charge is 0.196 e. The van der Waals surface area contributed by atoms with Gasteiger partial charge in [-0.15, -0.1) is 0 Å². The molecule has 2 aromatic carbocycles. The summed E-state index contributed by atoms with van der Waals surface area (Å²) in [6, 6.07) is 17.6. The number of aromatic nitrogens is 2. The van der Waals surface area contributed by atoms with Crippen LogP contribution in [0.2, 0.25) is 0 Å². The fraction of sp³-hybridized carbons (Fsp3) is 0.464. The zero-order chi connectivity index (χ0) is 21.2. The Morgan fingerprint density at radius 1 is 0.867 bits per heavy atom. The summed E-state index contributed by atoms with van der Waals surface area (Å²) in [5, 5.41) is 0. The molecule has 2 heterocycles. The highest BCUT2D eigenvalue weighted by molar-refractivity contribution is 5.56. The van der Waals surface area contributed by atoms with Crippen molar-refractivity contribution in [1.29, 1.82) is 0 Å². The van der Waals surface area contributed by atoms with Crippen LogP contribution in [0.3, 0.4) is 0 Å². The van der Waals surface area contributed by atoms with Gasteiger partial charge in [0.05, 0.1) is 11.8 Å². The molecular weight excluding hydrogens is 364 g/mol. The van der Waals surface area contributed by atoms with Gasteiger partial charge in [-0.3, -0.25) is 0 Å². The molecule has 1 unspecified atom stereocenters. The van der Waals surface area contributed by atoms with Gasteiger partial charge in [0.2, 0.25) is 0 Å². The maximum atomic E-state index is 10.0. The van der Waals surface area contributed by atoms with E-state index < -0.39 is 5.89 Å². The van der Waals surface area contributed by atoms with Crippen LogP contribution >= 0.6 is 0 Å². The van der Waals surface area contributed by atoms with E-state index >= 15 is 0 Å². The van der Waals surface area contributed by atoms with Gasteiger partial charge in [-0.2, -0.15) is 9.13 Å². The molecule has 0 bridgehead atoms. The predicted molar refractivity (Wildman–Crippen MR) is 122 cm³/mol. The third-order valence-corrected chi connectivity index (χ3v) is 7.89. The summed E-state index contributed by atoms with van der Waals surface area (Å²) < 4.78 is 15.1. The van der Waals surface area contributed by atoms with Gasteiger partial charge >= 0.3 is 0 Å². The van der Waals surface area contributed by atoms with Gasteiger partial charge in [-0.1, -0.05) is 62.1 Å². The van der Waals surface area contributed by atoms with E-state index in [1.165, 1.54) is 91.1 Å². The lowest BCUT2D eigenvalue weighted by Gasteiger charge is -2.18. The summed E-state index contributed by atoms with van der Waals surface area (Å²) in [4.78, 5) is 0. The van der Waals surface area contributed by atoms with Crippen LogP contribution in [0.15, 0.2) is 48.5 Å². The molecule has 30 heavy (non-hydrogen) atoms. The van der Waals surface area contributed by atoms with E-state index in [4.69, 9.17) is 0 Å². The minimum absolute atomic E-state index is 0.408. The third kappa shape index (κ3) is 2.58. The third-order valence-electron chi connectivity index (χ3n) is 7.89. The Labute approximate surface area is 182 Å². The molecule has 2 saturated carbocycles. The Hall–Kier alpha value is -2.35. The molecular formula is C28H33N2+. The largest absolute Gasteiger partial charge is 0.270 e. The van der Waals surface area contributed by atoms with Crippen LogP contribution in [0, 0.1) is 19.8 Å². The molecule has 1 aromatic heterocycles. The quantitative estimate of drug-likeness (QED) is 0.436. The van der Waals surface area contributed by atoms with Crippen molar-refractivity contribution in [1.82, 2.24) is 4.57 Å². The Bertz CT molecular complexity index is 1150. The lowest BCUT2D eigenvalue weighted by molar-refractivity contribution is -0.612. The molecule has 2 nitrogen and oxygen atoms in total. The van der Waals surface area contributed by atoms with Crippen LogP contribution in [0.4, 0.5) is 0 Å². The first kappa shape index (κ1) is 17.3. The number of aryl methyl sites for hydroxylation is 1. The second-order valence-electron chi connectivity index (χ2n) is 9.64. The zero-order valence-electron chi connectivity index (χ0n) is 19.3. The molecule has 2 fully saturated rings. The summed E-state index contributed by atoms with van der Waals surface area (Å²) >= 11 is 0. The van der Waals surface area contributed by atoms with Gasteiger partial charge in [0, 0.05) is 13.9 Å². The van der Waals surface area contributed by atoms with Crippen LogP contribution in [-0.2, 0) is 0 Å². The van der Waals surface area contributed by atoms with Crippen LogP contribution in [0.25, 0.3) is 11.4 Å². The fourth-order valence-corrected chi connectivity index (χ4v) is 6.53. The van der Waals surface area contributed by atoms with Gasteiger partial charge in [-0.05, 0) is 56.2 Å². The Morgan fingerprint density at radius 3 is 2.30 bits per heavy atom. The topological polar surface area (TPSA) is 8.81 Å². The first-order valence-electron chi connectivity index (χ1n) is 12.5. The number of benzene rings is 2. The highest BCUT2D eigenvalue weighted by atomic mass is 15.2. The molecule has 0 spiro atoms. The fourth-order valence-electron chi connectivity index (χ4n) is 6.53. The van der Waals surface area contributed by atoms with Crippen LogP contribution in [0.1, 0.15) is 92.9 Å². The first-order valence-corrected chi connectivity index (χ1v) is 12.0. The summed E-state index contributed by atoms with van der Waals surface area (Å²) in [5.41, 5.74) is 7.60. The molecule has 1 aliphatic heterocycles. The molecule has 0 N–H and O–H groups in total. The molecule has 0 saturated heterocycles.